The average Bonchev–Trinajstić information content (AvgIpc) is 2.31. The van der Waals surface area contributed by atoms with E-state index in [-0.39, 0.29) is 12.5 Å². The van der Waals surface area contributed by atoms with Crippen LogP contribution in [0.25, 0.3) is 0 Å². The predicted octanol–water partition coefficient (Wildman–Crippen LogP) is 1.20. The number of hydrogen-bond donors (Lipinski definition) is 3. The number of rotatable bonds is 6. The van der Waals surface area contributed by atoms with E-state index in [9.17, 15) is 4.79 Å². The molecule has 2 unspecified atom stereocenters. The Kier molecular flexibility index (Phi) is 5.12. The lowest BCUT2D eigenvalue weighted by Crippen LogP contribution is -2.33. The summed E-state index contributed by atoms with van der Waals surface area (Å²) >= 11 is 0. The van der Waals surface area contributed by atoms with Gasteiger partial charge < -0.3 is 21.3 Å². The molecule has 0 bridgehead atoms. The number of carboxylic acid groups (broad SMARTS) is 1. The number of carbonyl (C=O) groups is 1. The molecule has 0 aliphatic heterocycles. The maximum atomic E-state index is 10.7. The largest absolute Gasteiger partial charge is 0.494 e. The zero-order chi connectivity index (χ0) is 13.7. The summed E-state index contributed by atoms with van der Waals surface area (Å²) in [6.45, 7) is 4.46. The minimum absolute atomic E-state index is 0.211. The molecular formula is C13H20N2O3. The maximum Gasteiger partial charge on any atom is 0.320 e. The van der Waals surface area contributed by atoms with Crippen LogP contribution in [-0.2, 0) is 4.79 Å². The SMILES string of the molecule is CCOc1ccc(C(N)CC(N)C(=O)O)cc1C. The van der Waals surface area contributed by atoms with Crippen molar-refractivity contribution in [2.24, 2.45) is 11.5 Å². The van der Waals surface area contributed by atoms with Crippen LogP contribution in [0.1, 0.15) is 30.5 Å². The molecule has 0 saturated carbocycles. The number of carboxylic acids is 1. The second kappa shape index (κ2) is 6.37. The van der Waals surface area contributed by atoms with Gasteiger partial charge in [-0.15, -0.1) is 0 Å². The van der Waals surface area contributed by atoms with Crippen LogP contribution in [0.5, 0.6) is 5.75 Å². The number of aryl methyl sites for hydroxylation is 1. The fourth-order valence-corrected chi connectivity index (χ4v) is 1.73. The van der Waals surface area contributed by atoms with Crippen molar-refractivity contribution in [3.8, 4) is 5.75 Å². The first-order valence-electron chi connectivity index (χ1n) is 5.93. The third-order valence-corrected chi connectivity index (χ3v) is 2.75. The van der Waals surface area contributed by atoms with Crippen molar-refractivity contribution < 1.29 is 14.6 Å². The third kappa shape index (κ3) is 3.72. The van der Waals surface area contributed by atoms with Gasteiger partial charge in [-0.3, -0.25) is 4.79 Å². The standard InChI is InChI=1S/C13H20N2O3/c1-3-18-12-5-4-9(6-8(12)2)10(14)7-11(15)13(16)17/h4-6,10-11H,3,7,14-15H2,1-2H3,(H,16,17). The van der Waals surface area contributed by atoms with E-state index in [4.69, 9.17) is 21.3 Å². The van der Waals surface area contributed by atoms with Crippen molar-refractivity contribution in [3.05, 3.63) is 29.3 Å². The Bertz CT molecular complexity index is 421. The first-order valence-corrected chi connectivity index (χ1v) is 5.93. The lowest BCUT2D eigenvalue weighted by atomic mass is 9.99. The first kappa shape index (κ1) is 14.5. The van der Waals surface area contributed by atoms with E-state index in [0.29, 0.717) is 6.61 Å². The number of aliphatic carboxylic acids is 1. The molecule has 0 fully saturated rings. The Hall–Kier alpha value is -1.59. The van der Waals surface area contributed by atoms with E-state index < -0.39 is 12.0 Å². The van der Waals surface area contributed by atoms with Crippen LogP contribution in [-0.4, -0.2) is 23.7 Å². The minimum atomic E-state index is -1.03. The van der Waals surface area contributed by atoms with E-state index in [1.165, 1.54) is 0 Å². The molecule has 1 aromatic rings. The highest BCUT2D eigenvalue weighted by Gasteiger charge is 2.17. The highest BCUT2D eigenvalue weighted by Crippen LogP contribution is 2.23. The van der Waals surface area contributed by atoms with Gasteiger partial charge in [-0.25, -0.2) is 0 Å². The highest BCUT2D eigenvalue weighted by atomic mass is 16.5. The summed E-state index contributed by atoms with van der Waals surface area (Å²) in [7, 11) is 0. The fraction of sp³-hybridized carbons (Fsp3) is 0.462. The fourth-order valence-electron chi connectivity index (χ4n) is 1.73. The highest BCUT2D eigenvalue weighted by molar-refractivity contribution is 5.73. The molecule has 100 valence electrons. The van der Waals surface area contributed by atoms with Crippen molar-refractivity contribution in [2.75, 3.05) is 6.61 Å². The Morgan fingerprint density at radius 3 is 2.61 bits per heavy atom. The number of ether oxygens (including phenoxy) is 1. The summed E-state index contributed by atoms with van der Waals surface area (Å²) < 4.78 is 5.43. The van der Waals surface area contributed by atoms with Crippen LogP contribution in [0.4, 0.5) is 0 Å². The van der Waals surface area contributed by atoms with Gasteiger partial charge in [0.05, 0.1) is 6.61 Å². The van der Waals surface area contributed by atoms with Gasteiger partial charge in [-0.1, -0.05) is 12.1 Å². The van der Waals surface area contributed by atoms with Gasteiger partial charge in [0.1, 0.15) is 11.8 Å². The van der Waals surface area contributed by atoms with Crippen molar-refractivity contribution in [1.29, 1.82) is 0 Å². The lowest BCUT2D eigenvalue weighted by molar-refractivity contribution is -0.138. The average molecular weight is 252 g/mol. The summed E-state index contributed by atoms with van der Waals surface area (Å²) in [5, 5.41) is 8.75. The molecule has 0 amide bonds. The first-order chi connectivity index (χ1) is 8.45. The molecule has 2 atom stereocenters. The molecular weight excluding hydrogens is 232 g/mol. The molecule has 5 nitrogen and oxygen atoms in total. The Morgan fingerprint density at radius 2 is 2.11 bits per heavy atom. The second-order valence-electron chi connectivity index (χ2n) is 4.24. The van der Waals surface area contributed by atoms with Gasteiger partial charge in [0.2, 0.25) is 0 Å². The molecule has 0 aliphatic carbocycles. The van der Waals surface area contributed by atoms with Gasteiger partial charge >= 0.3 is 5.97 Å². The summed E-state index contributed by atoms with van der Waals surface area (Å²) in [6.07, 6.45) is 0.211. The van der Waals surface area contributed by atoms with E-state index >= 15 is 0 Å². The van der Waals surface area contributed by atoms with Crippen LogP contribution in [0.15, 0.2) is 18.2 Å². The second-order valence-corrected chi connectivity index (χ2v) is 4.24. The van der Waals surface area contributed by atoms with Crippen LogP contribution in [0.3, 0.4) is 0 Å². The maximum absolute atomic E-state index is 10.7. The molecule has 0 heterocycles. The van der Waals surface area contributed by atoms with Crippen LogP contribution in [0.2, 0.25) is 0 Å². The molecule has 1 aromatic carbocycles. The van der Waals surface area contributed by atoms with Crippen LogP contribution in [0, 0.1) is 6.92 Å². The summed E-state index contributed by atoms with van der Waals surface area (Å²) in [6, 6.07) is 4.28. The Balaban J connectivity index is 2.77. The van der Waals surface area contributed by atoms with Crippen LogP contribution >= 0.6 is 0 Å². The quantitative estimate of drug-likeness (QED) is 0.706. The lowest BCUT2D eigenvalue weighted by Gasteiger charge is -2.16. The number of benzene rings is 1. The van der Waals surface area contributed by atoms with Gasteiger partial charge in [-0.05, 0) is 37.5 Å². The molecule has 0 aromatic heterocycles. The van der Waals surface area contributed by atoms with E-state index in [1.54, 1.807) is 0 Å². The van der Waals surface area contributed by atoms with E-state index in [0.717, 1.165) is 16.9 Å². The topological polar surface area (TPSA) is 98.6 Å². The Morgan fingerprint density at radius 1 is 1.44 bits per heavy atom. The predicted molar refractivity (Wildman–Crippen MR) is 69.5 cm³/mol. The zero-order valence-corrected chi connectivity index (χ0v) is 10.7. The summed E-state index contributed by atoms with van der Waals surface area (Å²) in [4.78, 5) is 10.7. The normalized spacial score (nSPS) is 14.0. The summed E-state index contributed by atoms with van der Waals surface area (Å²) in [5.41, 5.74) is 13.3. The van der Waals surface area contributed by atoms with Gasteiger partial charge in [0.15, 0.2) is 0 Å². The Labute approximate surface area is 107 Å². The van der Waals surface area contributed by atoms with E-state index in [2.05, 4.69) is 0 Å². The van der Waals surface area contributed by atoms with Gasteiger partial charge in [0.25, 0.3) is 0 Å². The number of nitrogens with two attached hydrogens (primary N) is 2. The van der Waals surface area contributed by atoms with Crippen molar-refractivity contribution in [1.82, 2.24) is 0 Å². The van der Waals surface area contributed by atoms with Gasteiger partial charge in [-0.2, -0.15) is 0 Å². The molecule has 0 radical (unpaired) electrons. The zero-order valence-electron chi connectivity index (χ0n) is 10.7. The van der Waals surface area contributed by atoms with E-state index in [1.807, 2.05) is 32.0 Å². The third-order valence-electron chi connectivity index (χ3n) is 2.75. The molecule has 0 spiro atoms. The number of hydrogen-bond acceptors (Lipinski definition) is 4. The molecule has 5 N–H and O–H groups in total. The molecule has 5 heteroatoms. The smallest absolute Gasteiger partial charge is 0.320 e. The van der Waals surface area contributed by atoms with Crippen molar-refractivity contribution in [3.63, 3.8) is 0 Å². The van der Waals surface area contributed by atoms with Crippen molar-refractivity contribution >= 4 is 5.97 Å². The summed E-state index contributed by atoms with van der Waals surface area (Å²) in [5.74, 6) is -0.218. The monoisotopic (exact) mass is 252 g/mol. The molecule has 0 aliphatic rings. The molecule has 1 rings (SSSR count). The van der Waals surface area contributed by atoms with Crippen molar-refractivity contribution in [2.45, 2.75) is 32.4 Å². The van der Waals surface area contributed by atoms with Crippen LogP contribution < -0.4 is 16.2 Å². The molecule has 0 saturated heterocycles. The molecule has 18 heavy (non-hydrogen) atoms. The minimum Gasteiger partial charge on any atom is -0.494 e. The van der Waals surface area contributed by atoms with Gasteiger partial charge in [0, 0.05) is 6.04 Å².